The van der Waals surface area contributed by atoms with E-state index in [4.69, 9.17) is 13.7 Å². The highest BCUT2D eigenvalue weighted by atomic mass is 16.7. The molecule has 1 saturated carbocycles. The lowest BCUT2D eigenvalue weighted by molar-refractivity contribution is -0.120. The third kappa shape index (κ3) is 5.19. The van der Waals surface area contributed by atoms with Crippen LogP contribution in [0.25, 0.3) is 11.0 Å². The zero-order valence-electron chi connectivity index (χ0n) is 21.3. The standard InChI is InChI=1S/C29H36BNO4/c1-28(2,3)22-14-15-29(4)25(18-22)34-30(35-29)26(31-27(32)16-20-10-6-5-7-11-20)17-21-19-33-24-13-9-8-12-23(21)24/h5-13,19,22,25-26H,14-18H2,1-4H3,(H,31,32)/t22-,25?,26?,29-/m0/s1. The molecule has 2 aromatic carbocycles. The maximum absolute atomic E-state index is 13.1. The molecule has 4 atom stereocenters. The number of fused-ring (bicyclic) bond motifs is 2. The van der Waals surface area contributed by atoms with E-state index in [1.165, 1.54) is 0 Å². The van der Waals surface area contributed by atoms with Crippen molar-refractivity contribution in [2.24, 2.45) is 11.3 Å². The number of hydrogen-bond acceptors (Lipinski definition) is 4. The number of para-hydroxylation sites is 1. The molecule has 0 bridgehead atoms. The number of furan rings is 1. The molecular weight excluding hydrogens is 437 g/mol. The molecule has 1 aromatic heterocycles. The average molecular weight is 473 g/mol. The molecule has 5 rings (SSSR count). The van der Waals surface area contributed by atoms with E-state index in [2.05, 4.69) is 39.1 Å². The van der Waals surface area contributed by atoms with Crippen molar-refractivity contribution in [2.75, 3.05) is 0 Å². The molecule has 2 heterocycles. The highest BCUT2D eigenvalue weighted by molar-refractivity contribution is 6.48. The van der Waals surface area contributed by atoms with Gasteiger partial charge in [-0.2, -0.15) is 0 Å². The van der Waals surface area contributed by atoms with Crippen molar-refractivity contribution in [1.82, 2.24) is 5.32 Å². The van der Waals surface area contributed by atoms with Crippen molar-refractivity contribution < 1.29 is 18.5 Å². The highest BCUT2D eigenvalue weighted by Gasteiger charge is 2.55. The van der Waals surface area contributed by atoms with E-state index in [0.717, 1.165) is 41.4 Å². The number of rotatable bonds is 6. The second-order valence-electron chi connectivity index (χ2n) is 11.6. The summed E-state index contributed by atoms with van der Waals surface area (Å²) in [4.78, 5) is 13.1. The van der Waals surface area contributed by atoms with Crippen LogP contribution in [0.3, 0.4) is 0 Å². The van der Waals surface area contributed by atoms with E-state index in [-0.39, 0.29) is 29.0 Å². The summed E-state index contributed by atoms with van der Waals surface area (Å²) in [6.07, 6.45) is 5.80. The van der Waals surface area contributed by atoms with Gasteiger partial charge < -0.3 is 19.0 Å². The maximum atomic E-state index is 13.1. The molecule has 3 aromatic rings. The Hall–Kier alpha value is -2.57. The van der Waals surface area contributed by atoms with E-state index in [9.17, 15) is 4.79 Å². The van der Waals surface area contributed by atoms with Gasteiger partial charge in [0, 0.05) is 5.39 Å². The largest absolute Gasteiger partial charge is 0.482 e. The first kappa shape index (κ1) is 24.1. The van der Waals surface area contributed by atoms with E-state index in [1.807, 2.05) is 48.5 Å². The summed E-state index contributed by atoms with van der Waals surface area (Å²) in [5.41, 5.74) is 2.79. The molecule has 0 spiro atoms. The third-order valence-corrected chi connectivity index (χ3v) is 7.96. The number of nitrogens with one attached hydrogen (secondary N) is 1. The minimum Gasteiger partial charge on any atom is -0.464 e. The SMILES string of the molecule is CC(C)(C)[C@H]1CC[C@]2(C)OB(C(Cc3coc4ccccc34)NC(=O)Cc3ccccc3)OC2C1. The van der Waals surface area contributed by atoms with Gasteiger partial charge in [-0.3, -0.25) is 4.79 Å². The summed E-state index contributed by atoms with van der Waals surface area (Å²) in [5, 5.41) is 4.31. The van der Waals surface area contributed by atoms with Gasteiger partial charge >= 0.3 is 7.12 Å². The molecule has 0 radical (unpaired) electrons. The predicted octanol–water partition coefficient (Wildman–Crippen LogP) is 5.75. The number of amides is 1. The van der Waals surface area contributed by atoms with Crippen LogP contribution in [-0.2, 0) is 26.9 Å². The smallest absolute Gasteiger partial charge is 0.464 e. The predicted molar refractivity (Wildman–Crippen MR) is 139 cm³/mol. The van der Waals surface area contributed by atoms with Crippen molar-refractivity contribution >= 4 is 24.0 Å². The van der Waals surface area contributed by atoms with Crippen LogP contribution in [0, 0.1) is 11.3 Å². The summed E-state index contributed by atoms with van der Waals surface area (Å²) in [6.45, 7) is 9.10. The quantitative estimate of drug-likeness (QED) is 0.463. The molecule has 1 saturated heterocycles. The lowest BCUT2D eigenvalue weighted by atomic mass is 9.67. The average Bonchev–Trinajstić information content (AvgIpc) is 3.39. The Labute approximate surface area is 208 Å². The fraction of sp³-hybridized carbons (Fsp3) is 0.483. The summed E-state index contributed by atoms with van der Waals surface area (Å²) < 4.78 is 19.0. The second-order valence-corrected chi connectivity index (χ2v) is 11.6. The Balaban J connectivity index is 1.37. The van der Waals surface area contributed by atoms with Crippen molar-refractivity contribution in [1.29, 1.82) is 0 Å². The first-order valence-electron chi connectivity index (χ1n) is 12.8. The Morgan fingerprint density at radius 2 is 1.89 bits per heavy atom. The normalized spacial score (nSPS) is 25.4. The highest BCUT2D eigenvalue weighted by Crippen LogP contribution is 2.47. The lowest BCUT2D eigenvalue weighted by Gasteiger charge is -2.43. The summed E-state index contributed by atoms with van der Waals surface area (Å²) in [7, 11) is -0.503. The summed E-state index contributed by atoms with van der Waals surface area (Å²) in [5.74, 6) is 0.239. The monoisotopic (exact) mass is 473 g/mol. The van der Waals surface area contributed by atoms with Crippen molar-refractivity contribution in [3.8, 4) is 0 Å². The topological polar surface area (TPSA) is 60.7 Å². The van der Waals surface area contributed by atoms with Gasteiger partial charge in [-0.15, -0.1) is 0 Å². The molecule has 35 heavy (non-hydrogen) atoms. The van der Waals surface area contributed by atoms with Gasteiger partial charge in [0.25, 0.3) is 0 Å². The van der Waals surface area contributed by atoms with Gasteiger partial charge in [0.1, 0.15) is 5.58 Å². The number of benzene rings is 2. The van der Waals surface area contributed by atoms with Gasteiger partial charge in [0.05, 0.1) is 30.3 Å². The molecule has 2 fully saturated rings. The fourth-order valence-electron chi connectivity index (χ4n) is 5.68. The molecule has 6 heteroatoms. The zero-order chi connectivity index (χ0) is 24.6. The number of carbonyl (C=O) groups is 1. The van der Waals surface area contributed by atoms with Crippen molar-refractivity contribution in [3.63, 3.8) is 0 Å². The molecule has 2 unspecified atom stereocenters. The Kier molecular flexibility index (Phi) is 6.54. The number of carbonyl (C=O) groups excluding carboxylic acids is 1. The Morgan fingerprint density at radius 1 is 1.14 bits per heavy atom. The minimum absolute atomic E-state index is 0.0279. The Bertz CT molecular complexity index is 1170. The van der Waals surface area contributed by atoms with Crippen LogP contribution in [0.15, 0.2) is 65.3 Å². The molecule has 1 aliphatic heterocycles. The molecule has 1 amide bonds. The van der Waals surface area contributed by atoms with Crippen LogP contribution in [0.4, 0.5) is 0 Å². The molecule has 184 valence electrons. The van der Waals surface area contributed by atoms with Crippen LogP contribution in [0.2, 0.25) is 0 Å². The second kappa shape index (κ2) is 9.48. The lowest BCUT2D eigenvalue weighted by Crippen LogP contribution is -2.50. The van der Waals surface area contributed by atoms with E-state index >= 15 is 0 Å². The molecule has 2 aliphatic rings. The van der Waals surface area contributed by atoms with Crippen LogP contribution >= 0.6 is 0 Å². The zero-order valence-corrected chi connectivity index (χ0v) is 21.3. The van der Waals surface area contributed by atoms with Gasteiger partial charge in [-0.05, 0) is 61.1 Å². The fourth-order valence-corrected chi connectivity index (χ4v) is 5.68. The summed E-state index contributed by atoms with van der Waals surface area (Å²) >= 11 is 0. The third-order valence-electron chi connectivity index (χ3n) is 7.96. The molecular formula is C29H36BNO4. The van der Waals surface area contributed by atoms with Gasteiger partial charge in [0.15, 0.2) is 0 Å². The first-order chi connectivity index (χ1) is 16.7. The van der Waals surface area contributed by atoms with Crippen LogP contribution in [0.5, 0.6) is 0 Å². The van der Waals surface area contributed by atoms with Gasteiger partial charge in [-0.1, -0.05) is 69.3 Å². The van der Waals surface area contributed by atoms with Crippen LogP contribution in [-0.4, -0.2) is 30.7 Å². The van der Waals surface area contributed by atoms with Crippen LogP contribution in [0.1, 0.15) is 58.1 Å². The maximum Gasteiger partial charge on any atom is 0.482 e. The van der Waals surface area contributed by atoms with E-state index in [0.29, 0.717) is 18.8 Å². The summed E-state index contributed by atoms with van der Waals surface area (Å²) in [6, 6.07) is 17.8. The Morgan fingerprint density at radius 3 is 2.66 bits per heavy atom. The molecule has 1 N–H and O–H groups in total. The first-order valence-corrected chi connectivity index (χ1v) is 12.8. The number of hydrogen-bond donors (Lipinski definition) is 1. The van der Waals surface area contributed by atoms with Gasteiger partial charge in [-0.25, -0.2) is 0 Å². The van der Waals surface area contributed by atoms with E-state index < -0.39 is 7.12 Å². The van der Waals surface area contributed by atoms with Crippen molar-refractivity contribution in [2.45, 2.75) is 77.4 Å². The minimum atomic E-state index is -0.503. The van der Waals surface area contributed by atoms with Crippen LogP contribution < -0.4 is 5.32 Å². The van der Waals surface area contributed by atoms with Gasteiger partial charge in [0.2, 0.25) is 5.91 Å². The van der Waals surface area contributed by atoms with E-state index in [1.54, 1.807) is 6.26 Å². The molecule has 5 nitrogen and oxygen atoms in total. The molecule has 1 aliphatic carbocycles. The van der Waals surface area contributed by atoms with Crippen molar-refractivity contribution in [3.05, 3.63) is 72.0 Å².